The summed E-state index contributed by atoms with van der Waals surface area (Å²) in [6.45, 7) is 1.78. The van der Waals surface area contributed by atoms with E-state index in [1.165, 1.54) is 20.3 Å². The van der Waals surface area contributed by atoms with Gasteiger partial charge in [-0.2, -0.15) is 0 Å². The van der Waals surface area contributed by atoms with Crippen LogP contribution in [0.5, 0.6) is 11.5 Å². The molecule has 0 aromatic heterocycles. The average Bonchev–Trinajstić information content (AvgIpc) is 2.49. The van der Waals surface area contributed by atoms with Crippen molar-refractivity contribution in [1.82, 2.24) is 0 Å². The van der Waals surface area contributed by atoms with Gasteiger partial charge in [0.15, 0.2) is 11.5 Å². The minimum Gasteiger partial charge on any atom is -0.493 e. The number of aryl methyl sites for hydroxylation is 1. The van der Waals surface area contributed by atoms with Crippen LogP contribution in [-0.4, -0.2) is 14.2 Å². The highest BCUT2D eigenvalue weighted by molar-refractivity contribution is 5.72. The van der Waals surface area contributed by atoms with E-state index in [9.17, 15) is 8.78 Å². The first-order chi connectivity index (χ1) is 10.0. The second kappa shape index (κ2) is 6.10. The lowest BCUT2D eigenvalue weighted by atomic mass is 9.96. The van der Waals surface area contributed by atoms with Gasteiger partial charge < -0.3 is 15.2 Å². The fourth-order valence-electron chi connectivity index (χ4n) is 2.20. The maximum Gasteiger partial charge on any atom is 0.161 e. The average molecular weight is 293 g/mol. The zero-order chi connectivity index (χ0) is 15.6. The molecule has 5 heteroatoms. The van der Waals surface area contributed by atoms with Gasteiger partial charge in [0.25, 0.3) is 0 Å². The van der Waals surface area contributed by atoms with Crippen LogP contribution in [0.25, 0.3) is 11.1 Å². The van der Waals surface area contributed by atoms with E-state index in [1.807, 2.05) is 0 Å². The van der Waals surface area contributed by atoms with Gasteiger partial charge in [0.2, 0.25) is 0 Å². The van der Waals surface area contributed by atoms with E-state index in [4.69, 9.17) is 15.2 Å². The van der Waals surface area contributed by atoms with Crippen molar-refractivity contribution in [3.05, 3.63) is 47.0 Å². The maximum atomic E-state index is 14.1. The molecule has 0 aliphatic heterocycles. The molecule has 0 aliphatic rings. The molecule has 0 heterocycles. The van der Waals surface area contributed by atoms with E-state index >= 15 is 0 Å². The first-order valence-corrected chi connectivity index (χ1v) is 6.42. The molecule has 2 aromatic rings. The number of halogens is 2. The largest absolute Gasteiger partial charge is 0.493 e. The number of methoxy groups -OCH3 is 2. The van der Waals surface area contributed by atoms with Gasteiger partial charge in [-0.3, -0.25) is 0 Å². The summed E-state index contributed by atoms with van der Waals surface area (Å²) in [7, 11) is 3.01. The Kier molecular flexibility index (Phi) is 4.43. The van der Waals surface area contributed by atoms with Crippen molar-refractivity contribution in [3.63, 3.8) is 0 Å². The molecule has 0 atom stereocenters. The van der Waals surface area contributed by atoms with Crippen LogP contribution < -0.4 is 15.2 Å². The monoisotopic (exact) mass is 293 g/mol. The lowest BCUT2D eigenvalue weighted by Gasteiger charge is -2.15. The highest BCUT2D eigenvalue weighted by Gasteiger charge is 2.16. The van der Waals surface area contributed by atoms with Crippen molar-refractivity contribution in [2.45, 2.75) is 13.5 Å². The van der Waals surface area contributed by atoms with E-state index in [0.29, 0.717) is 28.2 Å². The number of ether oxygens (including phenoxy) is 2. The fraction of sp³-hybridized carbons (Fsp3) is 0.250. The first kappa shape index (κ1) is 15.3. The Balaban J connectivity index is 2.70. The molecule has 2 rings (SSSR count). The predicted molar refractivity (Wildman–Crippen MR) is 77.5 cm³/mol. The summed E-state index contributed by atoms with van der Waals surface area (Å²) in [5.41, 5.74) is 7.64. The maximum absolute atomic E-state index is 14.1. The van der Waals surface area contributed by atoms with Gasteiger partial charge in [0, 0.05) is 18.2 Å². The fourth-order valence-corrected chi connectivity index (χ4v) is 2.20. The standard InChI is InChI=1S/C16H17F2NO2/c1-9-4-12(14(18)7-13(9)17)11-6-16(21-3)15(20-2)5-10(11)8-19/h4-7H,8,19H2,1-3H3. The van der Waals surface area contributed by atoms with Crippen molar-refractivity contribution in [1.29, 1.82) is 0 Å². The molecule has 0 amide bonds. The number of rotatable bonds is 4. The van der Waals surface area contributed by atoms with Crippen LogP contribution in [0.2, 0.25) is 0 Å². The number of nitrogens with two attached hydrogens (primary N) is 1. The highest BCUT2D eigenvalue weighted by atomic mass is 19.1. The van der Waals surface area contributed by atoms with Crippen molar-refractivity contribution in [3.8, 4) is 22.6 Å². The second-order valence-corrected chi connectivity index (χ2v) is 4.65. The molecule has 2 N–H and O–H groups in total. The lowest BCUT2D eigenvalue weighted by molar-refractivity contribution is 0.354. The molecule has 0 radical (unpaired) electrons. The quantitative estimate of drug-likeness (QED) is 0.939. The van der Waals surface area contributed by atoms with Crippen molar-refractivity contribution in [2.75, 3.05) is 14.2 Å². The second-order valence-electron chi connectivity index (χ2n) is 4.65. The third-order valence-electron chi connectivity index (χ3n) is 3.37. The summed E-state index contributed by atoms with van der Waals surface area (Å²) in [6, 6.07) is 5.69. The third kappa shape index (κ3) is 2.83. The van der Waals surface area contributed by atoms with Gasteiger partial charge in [-0.15, -0.1) is 0 Å². The molecule has 0 fully saturated rings. The summed E-state index contributed by atoms with van der Waals surface area (Å²) >= 11 is 0. The van der Waals surface area contributed by atoms with Gasteiger partial charge >= 0.3 is 0 Å². The molecule has 0 saturated carbocycles. The van der Waals surface area contributed by atoms with E-state index in [-0.39, 0.29) is 12.1 Å². The number of benzene rings is 2. The van der Waals surface area contributed by atoms with Crippen LogP contribution in [0.3, 0.4) is 0 Å². The Bertz CT molecular complexity index is 672. The van der Waals surface area contributed by atoms with E-state index in [0.717, 1.165) is 6.07 Å². The zero-order valence-corrected chi connectivity index (χ0v) is 12.2. The molecule has 0 spiro atoms. The lowest BCUT2D eigenvalue weighted by Crippen LogP contribution is -2.03. The molecule has 0 saturated heterocycles. The summed E-state index contributed by atoms with van der Waals surface area (Å²) in [4.78, 5) is 0. The van der Waals surface area contributed by atoms with Gasteiger partial charge in [-0.05, 0) is 41.8 Å². The van der Waals surface area contributed by atoms with Crippen molar-refractivity contribution in [2.24, 2.45) is 5.73 Å². The Morgan fingerprint density at radius 2 is 1.52 bits per heavy atom. The van der Waals surface area contributed by atoms with Crippen LogP contribution in [0.4, 0.5) is 8.78 Å². The Morgan fingerprint density at radius 3 is 2.10 bits per heavy atom. The van der Waals surface area contributed by atoms with Crippen LogP contribution in [0, 0.1) is 18.6 Å². The number of hydrogen-bond acceptors (Lipinski definition) is 3. The predicted octanol–water partition coefficient (Wildman–Crippen LogP) is 3.42. The molecular formula is C16H17F2NO2. The van der Waals surface area contributed by atoms with Crippen LogP contribution in [0.15, 0.2) is 24.3 Å². The Morgan fingerprint density at radius 1 is 0.905 bits per heavy atom. The van der Waals surface area contributed by atoms with E-state index in [2.05, 4.69) is 0 Å². The number of hydrogen-bond donors (Lipinski definition) is 1. The van der Waals surface area contributed by atoms with Crippen LogP contribution in [0.1, 0.15) is 11.1 Å². The normalized spacial score (nSPS) is 10.6. The van der Waals surface area contributed by atoms with Crippen molar-refractivity contribution < 1.29 is 18.3 Å². The van der Waals surface area contributed by atoms with Crippen LogP contribution >= 0.6 is 0 Å². The van der Waals surface area contributed by atoms with Crippen LogP contribution in [-0.2, 0) is 6.54 Å². The molecular weight excluding hydrogens is 276 g/mol. The molecule has 0 aliphatic carbocycles. The van der Waals surface area contributed by atoms with E-state index in [1.54, 1.807) is 19.1 Å². The molecule has 0 unspecified atom stereocenters. The van der Waals surface area contributed by atoms with Gasteiger partial charge in [0.1, 0.15) is 11.6 Å². The third-order valence-corrected chi connectivity index (χ3v) is 3.37. The SMILES string of the molecule is COc1cc(CN)c(-c2cc(C)c(F)cc2F)cc1OC. The summed E-state index contributed by atoms with van der Waals surface area (Å²) in [6.07, 6.45) is 0. The minimum atomic E-state index is -0.639. The van der Waals surface area contributed by atoms with Gasteiger partial charge in [-0.25, -0.2) is 8.78 Å². The summed E-state index contributed by atoms with van der Waals surface area (Å²) < 4.78 is 37.9. The molecule has 112 valence electrons. The van der Waals surface area contributed by atoms with Gasteiger partial charge in [0.05, 0.1) is 14.2 Å². The first-order valence-electron chi connectivity index (χ1n) is 6.42. The smallest absolute Gasteiger partial charge is 0.161 e. The molecule has 0 bridgehead atoms. The topological polar surface area (TPSA) is 44.5 Å². The summed E-state index contributed by atoms with van der Waals surface area (Å²) in [5.74, 6) is -0.238. The Hall–Kier alpha value is -2.14. The molecule has 2 aromatic carbocycles. The Labute approximate surface area is 122 Å². The van der Waals surface area contributed by atoms with E-state index < -0.39 is 11.6 Å². The van der Waals surface area contributed by atoms with Crippen molar-refractivity contribution >= 4 is 0 Å². The molecule has 3 nitrogen and oxygen atoms in total. The molecule has 21 heavy (non-hydrogen) atoms. The summed E-state index contributed by atoms with van der Waals surface area (Å²) in [5, 5.41) is 0. The highest BCUT2D eigenvalue weighted by Crippen LogP contribution is 2.37. The zero-order valence-electron chi connectivity index (χ0n) is 12.2. The minimum absolute atomic E-state index is 0.200. The van der Waals surface area contributed by atoms with Gasteiger partial charge in [-0.1, -0.05) is 0 Å².